The third-order valence-electron chi connectivity index (χ3n) is 3.38. The molecule has 1 aromatic rings. The maximum absolute atomic E-state index is 11.7. The number of carbonyl (C=O) groups is 1. The van der Waals surface area contributed by atoms with E-state index in [-0.39, 0.29) is 17.5 Å². The average molecular weight is 263 g/mol. The molecule has 0 fully saturated rings. The van der Waals surface area contributed by atoms with Crippen LogP contribution >= 0.6 is 0 Å². The first-order chi connectivity index (χ1) is 8.84. The van der Waals surface area contributed by atoms with E-state index in [1.54, 1.807) is 0 Å². The number of benzene rings is 1. The molecular weight excluding hydrogens is 238 g/mol. The van der Waals surface area contributed by atoms with E-state index in [0.717, 1.165) is 17.7 Å². The van der Waals surface area contributed by atoms with Gasteiger partial charge in [0.25, 0.3) is 0 Å². The van der Waals surface area contributed by atoms with Crippen molar-refractivity contribution >= 4 is 11.7 Å². The molecule has 1 unspecified atom stereocenters. The molecule has 19 heavy (non-hydrogen) atoms. The van der Waals surface area contributed by atoms with Crippen molar-refractivity contribution in [2.45, 2.75) is 40.2 Å². The van der Waals surface area contributed by atoms with Gasteiger partial charge < -0.3 is 16.4 Å². The van der Waals surface area contributed by atoms with Gasteiger partial charge in [-0.1, -0.05) is 32.9 Å². The summed E-state index contributed by atoms with van der Waals surface area (Å²) in [5.74, 6) is 0. The number of amides is 2. The molecule has 4 heteroatoms. The van der Waals surface area contributed by atoms with Crippen molar-refractivity contribution in [2.75, 3.05) is 11.9 Å². The number of hydrogen-bond donors (Lipinski definition) is 3. The van der Waals surface area contributed by atoms with E-state index in [1.807, 2.05) is 31.2 Å². The first-order valence-electron chi connectivity index (χ1n) is 6.74. The lowest BCUT2D eigenvalue weighted by Crippen LogP contribution is -2.36. The topological polar surface area (TPSA) is 67.2 Å². The molecule has 1 rings (SSSR count). The molecule has 0 radical (unpaired) electrons. The molecule has 0 heterocycles. The summed E-state index contributed by atoms with van der Waals surface area (Å²) in [7, 11) is 0. The summed E-state index contributed by atoms with van der Waals surface area (Å²) in [4.78, 5) is 11.7. The third kappa shape index (κ3) is 5.30. The number of urea groups is 1. The van der Waals surface area contributed by atoms with E-state index >= 15 is 0 Å². The monoisotopic (exact) mass is 263 g/mol. The third-order valence-corrected chi connectivity index (χ3v) is 3.38. The first kappa shape index (κ1) is 15.5. The molecule has 106 valence electrons. The fourth-order valence-corrected chi connectivity index (χ4v) is 1.49. The van der Waals surface area contributed by atoms with E-state index in [2.05, 4.69) is 31.4 Å². The SMILES string of the molecule is CCC(C)(C)CNC(=O)Nc1ccc(C(C)N)cc1. The van der Waals surface area contributed by atoms with Gasteiger partial charge in [-0.3, -0.25) is 0 Å². The van der Waals surface area contributed by atoms with Crippen LogP contribution < -0.4 is 16.4 Å². The number of hydrogen-bond acceptors (Lipinski definition) is 2. The molecule has 0 aliphatic carbocycles. The molecule has 0 aromatic heterocycles. The van der Waals surface area contributed by atoms with Gasteiger partial charge in [0, 0.05) is 18.3 Å². The van der Waals surface area contributed by atoms with E-state index in [0.29, 0.717) is 6.54 Å². The largest absolute Gasteiger partial charge is 0.337 e. The van der Waals surface area contributed by atoms with Gasteiger partial charge in [0.05, 0.1) is 0 Å². The molecule has 2 amide bonds. The Kier molecular flexibility index (Phi) is 5.36. The second kappa shape index (κ2) is 6.57. The summed E-state index contributed by atoms with van der Waals surface area (Å²) >= 11 is 0. The van der Waals surface area contributed by atoms with Gasteiger partial charge in [-0.25, -0.2) is 4.79 Å². The van der Waals surface area contributed by atoms with Gasteiger partial charge in [-0.15, -0.1) is 0 Å². The quantitative estimate of drug-likeness (QED) is 0.763. The summed E-state index contributed by atoms with van der Waals surface area (Å²) < 4.78 is 0. The van der Waals surface area contributed by atoms with Crippen LogP contribution in [0.15, 0.2) is 24.3 Å². The Morgan fingerprint density at radius 2 is 1.89 bits per heavy atom. The molecular formula is C15H25N3O. The Morgan fingerprint density at radius 1 is 1.32 bits per heavy atom. The van der Waals surface area contributed by atoms with Crippen molar-refractivity contribution in [1.82, 2.24) is 5.32 Å². The summed E-state index contributed by atoms with van der Waals surface area (Å²) in [5, 5.41) is 5.70. The minimum atomic E-state index is -0.171. The minimum Gasteiger partial charge on any atom is -0.337 e. The van der Waals surface area contributed by atoms with Crippen LogP contribution in [0.3, 0.4) is 0 Å². The first-order valence-corrected chi connectivity index (χ1v) is 6.74. The molecule has 0 saturated carbocycles. The summed E-state index contributed by atoms with van der Waals surface area (Å²) in [5.41, 5.74) is 7.73. The van der Waals surface area contributed by atoms with Gasteiger partial charge in [-0.05, 0) is 36.5 Å². The lowest BCUT2D eigenvalue weighted by molar-refractivity contribution is 0.244. The van der Waals surface area contributed by atoms with E-state index < -0.39 is 0 Å². The Labute approximate surface area is 115 Å². The zero-order valence-corrected chi connectivity index (χ0v) is 12.3. The zero-order chi connectivity index (χ0) is 14.5. The predicted octanol–water partition coefficient (Wildman–Crippen LogP) is 3.26. The Hall–Kier alpha value is -1.55. The van der Waals surface area contributed by atoms with E-state index in [9.17, 15) is 4.79 Å². The van der Waals surface area contributed by atoms with Gasteiger partial charge in [0.15, 0.2) is 0 Å². The van der Waals surface area contributed by atoms with Crippen molar-refractivity contribution in [3.8, 4) is 0 Å². The van der Waals surface area contributed by atoms with Crippen LogP contribution in [0.25, 0.3) is 0 Å². The highest BCUT2D eigenvalue weighted by molar-refractivity contribution is 5.89. The maximum atomic E-state index is 11.7. The number of nitrogens with one attached hydrogen (secondary N) is 2. The predicted molar refractivity (Wildman–Crippen MR) is 80.1 cm³/mol. The fourth-order valence-electron chi connectivity index (χ4n) is 1.49. The van der Waals surface area contributed by atoms with Crippen LogP contribution in [0, 0.1) is 5.41 Å². The van der Waals surface area contributed by atoms with Crippen molar-refractivity contribution < 1.29 is 4.79 Å². The molecule has 0 aliphatic heterocycles. The Balaban J connectivity index is 2.48. The smallest absolute Gasteiger partial charge is 0.319 e. The highest BCUT2D eigenvalue weighted by atomic mass is 16.2. The summed E-state index contributed by atoms with van der Waals surface area (Å²) in [6.07, 6.45) is 1.02. The molecule has 1 atom stereocenters. The second-order valence-corrected chi connectivity index (χ2v) is 5.74. The van der Waals surface area contributed by atoms with Crippen LogP contribution in [0.5, 0.6) is 0 Å². The molecule has 0 aliphatic rings. The maximum Gasteiger partial charge on any atom is 0.319 e. The number of anilines is 1. The summed E-state index contributed by atoms with van der Waals surface area (Å²) in [6, 6.07) is 7.42. The van der Waals surface area contributed by atoms with Crippen LogP contribution in [-0.2, 0) is 0 Å². The molecule has 4 nitrogen and oxygen atoms in total. The number of carbonyl (C=O) groups excluding carboxylic acids is 1. The lowest BCUT2D eigenvalue weighted by Gasteiger charge is -2.22. The molecule has 0 saturated heterocycles. The summed E-state index contributed by atoms with van der Waals surface area (Å²) in [6.45, 7) is 8.97. The Morgan fingerprint density at radius 3 is 2.37 bits per heavy atom. The average Bonchev–Trinajstić information content (AvgIpc) is 2.37. The lowest BCUT2D eigenvalue weighted by atomic mass is 9.90. The molecule has 1 aromatic carbocycles. The van der Waals surface area contributed by atoms with Crippen LogP contribution in [-0.4, -0.2) is 12.6 Å². The molecule has 0 spiro atoms. The number of rotatable bonds is 5. The van der Waals surface area contributed by atoms with Crippen molar-refractivity contribution in [3.05, 3.63) is 29.8 Å². The normalized spacial score (nSPS) is 12.9. The standard InChI is InChI=1S/C15H25N3O/c1-5-15(3,4)10-17-14(19)18-13-8-6-12(7-9-13)11(2)16/h6-9,11H,5,10,16H2,1-4H3,(H2,17,18,19). The van der Waals surface area contributed by atoms with Crippen LogP contribution in [0.4, 0.5) is 10.5 Å². The molecule has 4 N–H and O–H groups in total. The fraction of sp³-hybridized carbons (Fsp3) is 0.533. The van der Waals surface area contributed by atoms with E-state index in [4.69, 9.17) is 5.73 Å². The van der Waals surface area contributed by atoms with Crippen molar-refractivity contribution in [3.63, 3.8) is 0 Å². The van der Waals surface area contributed by atoms with Crippen LogP contribution in [0.1, 0.15) is 45.7 Å². The second-order valence-electron chi connectivity index (χ2n) is 5.74. The van der Waals surface area contributed by atoms with E-state index in [1.165, 1.54) is 0 Å². The highest BCUT2D eigenvalue weighted by Gasteiger charge is 2.15. The van der Waals surface area contributed by atoms with Crippen molar-refractivity contribution in [1.29, 1.82) is 0 Å². The van der Waals surface area contributed by atoms with Crippen molar-refractivity contribution in [2.24, 2.45) is 11.1 Å². The van der Waals surface area contributed by atoms with Gasteiger partial charge in [0.1, 0.15) is 0 Å². The Bertz CT molecular complexity index is 410. The van der Waals surface area contributed by atoms with Gasteiger partial charge >= 0.3 is 6.03 Å². The minimum absolute atomic E-state index is 0.00762. The number of nitrogens with two attached hydrogens (primary N) is 1. The van der Waals surface area contributed by atoms with Crippen LogP contribution in [0.2, 0.25) is 0 Å². The highest BCUT2D eigenvalue weighted by Crippen LogP contribution is 2.18. The van der Waals surface area contributed by atoms with Gasteiger partial charge in [0.2, 0.25) is 0 Å². The zero-order valence-electron chi connectivity index (χ0n) is 12.3. The molecule has 0 bridgehead atoms. The van der Waals surface area contributed by atoms with Gasteiger partial charge in [-0.2, -0.15) is 0 Å².